The van der Waals surface area contributed by atoms with Crippen LogP contribution in [-0.2, 0) is 11.3 Å². The van der Waals surface area contributed by atoms with Gasteiger partial charge in [0.25, 0.3) is 11.5 Å². The van der Waals surface area contributed by atoms with Crippen molar-refractivity contribution in [2.45, 2.75) is 50.6 Å². The fourth-order valence-corrected chi connectivity index (χ4v) is 4.18. The highest BCUT2D eigenvalue weighted by Gasteiger charge is 2.46. The summed E-state index contributed by atoms with van der Waals surface area (Å²) in [5.41, 5.74) is 0.488. The molecule has 1 amide bonds. The molecule has 1 saturated heterocycles. The number of anilines is 1. The highest BCUT2D eigenvalue weighted by molar-refractivity contribution is 5.93. The predicted molar refractivity (Wildman–Crippen MR) is 127 cm³/mol. The summed E-state index contributed by atoms with van der Waals surface area (Å²) in [4.78, 5) is 31.1. The van der Waals surface area contributed by atoms with Crippen LogP contribution in [-0.4, -0.2) is 76.6 Å². The van der Waals surface area contributed by atoms with Crippen LogP contribution in [0.5, 0.6) is 5.88 Å². The Bertz CT molecular complexity index is 1090. The third-order valence-electron chi connectivity index (χ3n) is 6.53. The first-order valence-electron chi connectivity index (χ1n) is 11.9. The molecule has 2 fully saturated rings. The molecule has 1 saturated carbocycles. The van der Waals surface area contributed by atoms with E-state index in [9.17, 15) is 18.4 Å². The SMILES string of the molecule is CC(C(=O)Nc1ccc(OCC2CC2)nn1)N1CCC(F)(F)C(c2c[nH]c(=O)c(CN(C)C)c2)C1. The number of halogens is 2. The highest BCUT2D eigenvalue weighted by Crippen LogP contribution is 2.40. The van der Waals surface area contributed by atoms with E-state index >= 15 is 0 Å². The normalized spacial score (nSPS) is 21.0. The van der Waals surface area contributed by atoms with Gasteiger partial charge in [0.1, 0.15) is 0 Å². The molecular weight excluding hydrogens is 458 g/mol. The summed E-state index contributed by atoms with van der Waals surface area (Å²) < 4.78 is 35.4. The number of aromatic amines is 1. The molecule has 2 aliphatic rings. The van der Waals surface area contributed by atoms with Crippen molar-refractivity contribution in [1.82, 2.24) is 25.0 Å². The summed E-state index contributed by atoms with van der Waals surface area (Å²) in [5, 5.41) is 10.7. The minimum Gasteiger partial charge on any atom is -0.476 e. The standard InChI is InChI=1S/C24H32F2N6O3/c1-15(22(33)28-20-6-7-21(30-29-20)35-14-16-4-5-16)32-9-8-24(25,26)19(13-32)17-10-18(12-31(2)3)23(34)27-11-17/h6-7,10-11,15-16,19H,4-5,8-9,12-14H2,1-3H3,(H,27,34)(H,28,29,33). The van der Waals surface area contributed by atoms with E-state index < -0.39 is 17.9 Å². The molecule has 0 spiro atoms. The highest BCUT2D eigenvalue weighted by atomic mass is 19.3. The number of carbonyl (C=O) groups excluding carboxylic acids is 1. The second-order valence-corrected chi connectivity index (χ2v) is 9.76. The first-order chi connectivity index (χ1) is 16.6. The molecule has 3 heterocycles. The van der Waals surface area contributed by atoms with Gasteiger partial charge in [-0.3, -0.25) is 14.5 Å². The smallest absolute Gasteiger partial charge is 0.257 e. The Balaban J connectivity index is 1.41. The lowest BCUT2D eigenvalue weighted by atomic mass is 9.86. The molecule has 190 valence electrons. The first kappa shape index (κ1) is 25.2. The van der Waals surface area contributed by atoms with E-state index in [-0.39, 0.29) is 36.8 Å². The topological polar surface area (TPSA) is 103 Å². The maximum Gasteiger partial charge on any atom is 0.257 e. The molecule has 2 atom stereocenters. The van der Waals surface area contributed by atoms with Crippen molar-refractivity contribution in [3.8, 4) is 5.88 Å². The van der Waals surface area contributed by atoms with Crippen LogP contribution in [0.3, 0.4) is 0 Å². The zero-order chi connectivity index (χ0) is 25.2. The van der Waals surface area contributed by atoms with Gasteiger partial charge in [-0.15, -0.1) is 10.2 Å². The number of hydrogen-bond donors (Lipinski definition) is 2. The third kappa shape index (κ3) is 6.40. The second kappa shape index (κ2) is 10.4. The van der Waals surface area contributed by atoms with Crippen molar-refractivity contribution in [2.75, 3.05) is 39.1 Å². The van der Waals surface area contributed by atoms with E-state index in [1.807, 2.05) is 14.1 Å². The Morgan fingerprint density at radius 1 is 1.34 bits per heavy atom. The van der Waals surface area contributed by atoms with Crippen molar-refractivity contribution in [3.05, 3.63) is 45.9 Å². The monoisotopic (exact) mass is 490 g/mol. The van der Waals surface area contributed by atoms with Crippen molar-refractivity contribution >= 4 is 11.7 Å². The van der Waals surface area contributed by atoms with Crippen LogP contribution in [0.2, 0.25) is 0 Å². The van der Waals surface area contributed by atoms with Gasteiger partial charge >= 0.3 is 0 Å². The number of nitrogens with zero attached hydrogens (tertiary/aromatic N) is 4. The lowest BCUT2D eigenvalue weighted by molar-refractivity contribution is -0.125. The Labute approximate surface area is 202 Å². The van der Waals surface area contributed by atoms with Gasteiger partial charge in [0, 0.05) is 43.9 Å². The summed E-state index contributed by atoms with van der Waals surface area (Å²) in [6.07, 6.45) is 3.31. The summed E-state index contributed by atoms with van der Waals surface area (Å²) in [6.45, 7) is 2.70. The van der Waals surface area contributed by atoms with Crippen molar-refractivity contribution in [3.63, 3.8) is 0 Å². The van der Waals surface area contributed by atoms with Crippen molar-refractivity contribution in [1.29, 1.82) is 0 Å². The lowest BCUT2D eigenvalue weighted by Crippen LogP contribution is -2.52. The van der Waals surface area contributed by atoms with Crippen LogP contribution in [0.25, 0.3) is 0 Å². The molecular formula is C24H32F2N6O3. The molecule has 0 radical (unpaired) electrons. The number of aromatic nitrogens is 3. The largest absolute Gasteiger partial charge is 0.476 e. The molecule has 1 aliphatic carbocycles. The minimum atomic E-state index is -2.96. The zero-order valence-corrected chi connectivity index (χ0v) is 20.3. The number of ether oxygens (including phenoxy) is 1. The van der Waals surface area contributed by atoms with Crippen LogP contribution < -0.4 is 15.6 Å². The van der Waals surface area contributed by atoms with E-state index in [4.69, 9.17) is 4.74 Å². The van der Waals surface area contributed by atoms with E-state index in [1.165, 1.54) is 19.0 Å². The molecule has 9 nitrogen and oxygen atoms in total. The van der Waals surface area contributed by atoms with Crippen molar-refractivity contribution < 1.29 is 18.3 Å². The van der Waals surface area contributed by atoms with E-state index in [2.05, 4.69) is 20.5 Å². The number of pyridine rings is 1. The van der Waals surface area contributed by atoms with Gasteiger partial charge in [-0.25, -0.2) is 8.78 Å². The zero-order valence-electron chi connectivity index (χ0n) is 20.3. The molecule has 35 heavy (non-hydrogen) atoms. The Kier molecular flexibility index (Phi) is 7.46. The minimum absolute atomic E-state index is 0.0192. The van der Waals surface area contributed by atoms with Crippen LogP contribution in [0.15, 0.2) is 29.2 Å². The Morgan fingerprint density at radius 2 is 2.11 bits per heavy atom. The fourth-order valence-electron chi connectivity index (χ4n) is 4.18. The van der Waals surface area contributed by atoms with Crippen LogP contribution >= 0.6 is 0 Å². The summed E-state index contributed by atoms with van der Waals surface area (Å²) in [6, 6.07) is 4.15. The quantitative estimate of drug-likeness (QED) is 0.557. The predicted octanol–water partition coefficient (Wildman–Crippen LogP) is 2.47. The number of amides is 1. The molecule has 2 aromatic heterocycles. The molecule has 4 rings (SSSR count). The average molecular weight is 491 g/mol. The second-order valence-electron chi connectivity index (χ2n) is 9.76. The van der Waals surface area contributed by atoms with E-state index in [0.717, 1.165) is 0 Å². The Hall–Kier alpha value is -2.92. The van der Waals surface area contributed by atoms with Gasteiger partial charge in [0.05, 0.1) is 18.6 Å². The van der Waals surface area contributed by atoms with Gasteiger partial charge in [-0.05, 0) is 57.5 Å². The van der Waals surface area contributed by atoms with Gasteiger partial charge < -0.3 is 19.9 Å². The maximum absolute atomic E-state index is 14.9. The number of likely N-dealkylation sites (tertiary alicyclic amines) is 1. The Morgan fingerprint density at radius 3 is 2.77 bits per heavy atom. The molecule has 2 N–H and O–H groups in total. The molecule has 0 bridgehead atoms. The number of piperidine rings is 1. The number of rotatable bonds is 9. The average Bonchev–Trinajstić information content (AvgIpc) is 3.64. The summed E-state index contributed by atoms with van der Waals surface area (Å²) >= 11 is 0. The number of nitrogens with one attached hydrogen (secondary N) is 2. The van der Waals surface area contributed by atoms with Crippen molar-refractivity contribution in [2.24, 2.45) is 5.92 Å². The van der Waals surface area contributed by atoms with Gasteiger partial charge in [-0.2, -0.15) is 0 Å². The number of hydrogen-bond acceptors (Lipinski definition) is 7. The molecule has 2 unspecified atom stereocenters. The number of alkyl halides is 2. The first-order valence-corrected chi connectivity index (χ1v) is 11.9. The molecule has 2 aromatic rings. The van der Waals surface area contributed by atoms with Crippen LogP contribution in [0.4, 0.5) is 14.6 Å². The summed E-state index contributed by atoms with van der Waals surface area (Å²) in [7, 11) is 3.62. The fraction of sp³-hybridized carbons (Fsp3) is 0.583. The molecule has 0 aromatic carbocycles. The van der Waals surface area contributed by atoms with E-state index in [0.29, 0.717) is 36.1 Å². The molecule has 1 aliphatic heterocycles. The van der Waals surface area contributed by atoms with Gasteiger partial charge in [0.15, 0.2) is 5.82 Å². The number of carbonyl (C=O) groups is 1. The lowest BCUT2D eigenvalue weighted by Gasteiger charge is -2.40. The molecule has 11 heteroatoms. The van der Waals surface area contributed by atoms with E-state index in [1.54, 1.807) is 34.9 Å². The van der Waals surface area contributed by atoms with Crippen LogP contribution in [0.1, 0.15) is 43.2 Å². The van der Waals surface area contributed by atoms with Gasteiger partial charge in [-0.1, -0.05) is 0 Å². The summed E-state index contributed by atoms with van der Waals surface area (Å²) in [5.74, 6) is -3.19. The van der Waals surface area contributed by atoms with Gasteiger partial charge in [0.2, 0.25) is 11.8 Å². The van der Waals surface area contributed by atoms with Crippen LogP contribution in [0, 0.1) is 5.92 Å². The number of H-pyrrole nitrogens is 1. The third-order valence-corrected chi connectivity index (χ3v) is 6.53. The maximum atomic E-state index is 14.9.